The van der Waals surface area contributed by atoms with E-state index in [0.29, 0.717) is 11.3 Å². The molecule has 1 aromatic rings. The van der Waals surface area contributed by atoms with Crippen LogP contribution in [0, 0.1) is 0 Å². The molecule has 1 aromatic carbocycles. The molecule has 5 heteroatoms. The van der Waals surface area contributed by atoms with Crippen molar-refractivity contribution < 1.29 is 14.6 Å². The second-order valence-corrected chi connectivity index (χ2v) is 5.26. The monoisotopic (exact) mass is 301 g/mol. The van der Waals surface area contributed by atoms with Crippen molar-refractivity contribution in [2.75, 3.05) is 13.7 Å². The van der Waals surface area contributed by atoms with Gasteiger partial charge in [0.25, 0.3) is 5.91 Å². The molecule has 0 spiro atoms. The molecule has 1 rings (SSSR count). The minimum Gasteiger partial charge on any atom is -0.496 e. The minimum absolute atomic E-state index is 0.127. The molecule has 0 fully saturated rings. The van der Waals surface area contributed by atoms with E-state index in [4.69, 9.17) is 9.84 Å². The third kappa shape index (κ3) is 3.71. The fraction of sp³-hybridized carbons (Fsp3) is 0.417. The lowest BCUT2D eigenvalue weighted by molar-refractivity contribution is 0.0866. The Kier molecular flexibility index (Phi) is 4.54. The highest BCUT2D eigenvalue weighted by Gasteiger charge is 2.22. The summed E-state index contributed by atoms with van der Waals surface area (Å²) in [5.41, 5.74) is -0.216. The zero-order chi connectivity index (χ0) is 13.1. The van der Waals surface area contributed by atoms with Gasteiger partial charge in [0.2, 0.25) is 0 Å². The fourth-order valence-corrected chi connectivity index (χ4v) is 1.61. The largest absolute Gasteiger partial charge is 0.496 e. The molecule has 2 N–H and O–H groups in total. The summed E-state index contributed by atoms with van der Waals surface area (Å²) in [6.07, 6.45) is 0. The maximum absolute atomic E-state index is 12.0. The van der Waals surface area contributed by atoms with Gasteiger partial charge in [-0.15, -0.1) is 0 Å². The Morgan fingerprint density at radius 3 is 2.71 bits per heavy atom. The Morgan fingerprint density at radius 1 is 1.53 bits per heavy atom. The highest BCUT2D eigenvalue weighted by atomic mass is 79.9. The number of halogens is 1. The third-order valence-electron chi connectivity index (χ3n) is 2.26. The Bertz CT molecular complexity index is 418. The van der Waals surface area contributed by atoms with Crippen molar-refractivity contribution in [1.82, 2.24) is 5.32 Å². The summed E-state index contributed by atoms with van der Waals surface area (Å²) in [7, 11) is 1.51. The minimum atomic E-state index is -0.658. The van der Waals surface area contributed by atoms with Gasteiger partial charge in [0, 0.05) is 4.47 Å². The quantitative estimate of drug-likeness (QED) is 0.894. The molecule has 94 valence electrons. The highest BCUT2D eigenvalue weighted by molar-refractivity contribution is 9.10. The van der Waals surface area contributed by atoms with E-state index in [9.17, 15) is 4.79 Å². The van der Waals surface area contributed by atoms with Gasteiger partial charge in [-0.1, -0.05) is 15.9 Å². The first-order valence-corrected chi connectivity index (χ1v) is 5.96. The van der Waals surface area contributed by atoms with Crippen molar-refractivity contribution in [2.45, 2.75) is 19.4 Å². The number of aliphatic hydroxyl groups is 1. The Morgan fingerprint density at radius 2 is 2.18 bits per heavy atom. The lowest BCUT2D eigenvalue weighted by atomic mass is 10.1. The summed E-state index contributed by atoms with van der Waals surface area (Å²) in [6.45, 7) is 3.37. The van der Waals surface area contributed by atoms with Crippen molar-refractivity contribution in [2.24, 2.45) is 0 Å². The van der Waals surface area contributed by atoms with Gasteiger partial charge in [0.05, 0.1) is 24.8 Å². The Labute approximate surface area is 109 Å². The summed E-state index contributed by atoms with van der Waals surface area (Å²) < 4.78 is 5.98. The molecule has 0 heterocycles. The molecule has 0 saturated heterocycles. The Balaban J connectivity index is 2.96. The molecule has 0 aliphatic carbocycles. The number of aliphatic hydroxyl groups excluding tert-OH is 1. The van der Waals surface area contributed by atoms with E-state index in [-0.39, 0.29) is 12.5 Å². The van der Waals surface area contributed by atoms with Crippen molar-refractivity contribution in [1.29, 1.82) is 0 Å². The zero-order valence-corrected chi connectivity index (χ0v) is 11.7. The molecule has 1 amide bonds. The van der Waals surface area contributed by atoms with Crippen LogP contribution in [-0.4, -0.2) is 30.3 Å². The summed E-state index contributed by atoms with van der Waals surface area (Å²) in [5.74, 6) is 0.221. The van der Waals surface area contributed by atoms with E-state index >= 15 is 0 Å². The van der Waals surface area contributed by atoms with Gasteiger partial charge in [-0.25, -0.2) is 0 Å². The van der Waals surface area contributed by atoms with Gasteiger partial charge < -0.3 is 15.2 Å². The van der Waals surface area contributed by atoms with Gasteiger partial charge in [-0.2, -0.15) is 0 Å². The summed E-state index contributed by atoms with van der Waals surface area (Å²) >= 11 is 3.31. The number of nitrogens with one attached hydrogen (secondary N) is 1. The van der Waals surface area contributed by atoms with E-state index in [1.165, 1.54) is 7.11 Å². The average Bonchev–Trinajstić information content (AvgIpc) is 2.28. The van der Waals surface area contributed by atoms with Crippen LogP contribution in [0.3, 0.4) is 0 Å². The number of hydrogen-bond donors (Lipinski definition) is 2. The zero-order valence-electron chi connectivity index (χ0n) is 10.1. The van der Waals surface area contributed by atoms with E-state index in [1.807, 2.05) is 0 Å². The summed E-state index contributed by atoms with van der Waals surface area (Å²) in [5, 5.41) is 11.8. The van der Waals surface area contributed by atoms with Crippen LogP contribution in [0.25, 0.3) is 0 Å². The first-order valence-electron chi connectivity index (χ1n) is 5.16. The number of carbonyl (C=O) groups excluding carboxylic acids is 1. The fourth-order valence-electron chi connectivity index (χ4n) is 1.27. The Hall–Kier alpha value is -1.07. The second-order valence-electron chi connectivity index (χ2n) is 4.34. The first kappa shape index (κ1) is 14.0. The third-order valence-corrected chi connectivity index (χ3v) is 2.75. The molecule has 0 saturated carbocycles. The molecular formula is C12H16BrNO3. The lowest BCUT2D eigenvalue weighted by Crippen LogP contribution is -2.46. The molecule has 4 nitrogen and oxygen atoms in total. The topological polar surface area (TPSA) is 58.6 Å². The van der Waals surface area contributed by atoms with Gasteiger partial charge in [-0.05, 0) is 32.0 Å². The number of hydrogen-bond acceptors (Lipinski definition) is 3. The van der Waals surface area contributed by atoms with Crippen LogP contribution < -0.4 is 10.1 Å². The molecular weight excluding hydrogens is 286 g/mol. The van der Waals surface area contributed by atoms with Crippen LogP contribution in [-0.2, 0) is 0 Å². The molecule has 17 heavy (non-hydrogen) atoms. The molecule has 0 bridgehead atoms. The van der Waals surface area contributed by atoms with Crippen molar-refractivity contribution in [3.8, 4) is 5.75 Å². The van der Waals surface area contributed by atoms with Crippen molar-refractivity contribution >= 4 is 21.8 Å². The number of rotatable bonds is 4. The van der Waals surface area contributed by atoms with E-state index in [2.05, 4.69) is 21.2 Å². The standard InChI is InChI=1S/C12H16BrNO3/c1-12(2,7-15)14-11(16)9-5-4-8(13)6-10(9)17-3/h4-6,15H,7H2,1-3H3,(H,14,16). The predicted octanol–water partition coefficient (Wildman–Crippen LogP) is 1.96. The van der Waals surface area contributed by atoms with E-state index < -0.39 is 5.54 Å². The highest BCUT2D eigenvalue weighted by Crippen LogP contribution is 2.23. The predicted molar refractivity (Wildman–Crippen MR) is 69.3 cm³/mol. The molecule has 0 radical (unpaired) electrons. The second kappa shape index (κ2) is 5.51. The average molecular weight is 302 g/mol. The maximum atomic E-state index is 12.0. The van der Waals surface area contributed by atoms with Gasteiger partial charge >= 0.3 is 0 Å². The number of amides is 1. The van der Waals surface area contributed by atoms with Crippen LogP contribution >= 0.6 is 15.9 Å². The molecule has 0 aliphatic rings. The van der Waals surface area contributed by atoms with E-state index in [0.717, 1.165) is 4.47 Å². The normalized spacial score (nSPS) is 11.1. The lowest BCUT2D eigenvalue weighted by Gasteiger charge is -2.24. The smallest absolute Gasteiger partial charge is 0.255 e. The molecule has 0 atom stereocenters. The molecule has 0 aliphatic heterocycles. The van der Waals surface area contributed by atoms with Crippen LogP contribution in [0.2, 0.25) is 0 Å². The number of methoxy groups -OCH3 is 1. The molecule has 0 unspecified atom stereocenters. The van der Waals surface area contributed by atoms with Crippen LogP contribution in [0.1, 0.15) is 24.2 Å². The van der Waals surface area contributed by atoms with E-state index in [1.54, 1.807) is 32.0 Å². The summed E-state index contributed by atoms with van der Waals surface area (Å²) in [6, 6.07) is 5.16. The number of ether oxygens (including phenoxy) is 1. The maximum Gasteiger partial charge on any atom is 0.255 e. The number of benzene rings is 1. The van der Waals surface area contributed by atoms with Gasteiger partial charge in [-0.3, -0.25) is 4.79 Å². The van der Waals surface area contributed by atoms with Crippen molar-refractivity contribution in [3.05, 3.63) is 28.2 Å². The number of carbonyl (C=O) groups is 1. The first-order chi connectivity index (χ1) is 7.89. The van der Waals surface area contributed by atoms with Crippen LogP contribution in [0.4, 0.5) is 0 Å². The van der Waals surface area contributed by atoms with Gasteiger partial charge in [0.1, 0.15) is 5.75 Å². The van der Waals surface area contributed by atoms with Crippen molar-refractivity contribution in [3.63, 3.8) is 0 Å². The molecule has 0 aromatic heterocycles. The summed E-state index contributed by atoms with van der Waals surface area (Å²) in [4.78, 5) is 12.0. The van der Waals surface area contributed by atoms with Gasteiger partial charge in [0.15, 0.2) is 0 Å². The van der Waals surface area contributed by atoms with Crippen LogP contribution in [0.15, 0.2) is 22.7 Å². The van der Waals surface area contributed by atoms with Crippen LogP contribution in [0.5, 0.6) is 5.75 Å². The SMILES string of the molecule is COc1cc(Br)ccc1C(=O)NC(C)(C)CO.